The van der Waals surface area contributed by atoms with Gasteiger partial charge in [-0.05, 0) is 27.7 Å². The van der Waals surface area contributed by atoms with Gasteiger partial charge < -0.3 is 15.7 Å². The fourth-order valence-corrected chi connectivity index (χ4v) is 2.01. The molecule has 1 amide bonds. The van der Waals surface area contributed by atoms with Crippen LogP contribution in [0, 0.1) is 0 Å². The first-order valence-electron chi connectivity index (χ1n) is 6.12. The molecule has 1 aliphatic heterocycles. The summed E-state index contributed by atoms with van der Waals surface area (Å²) in [5, 5.41) is 9.09. The van der Waals surface area contributed by atoms with E-state index in [1.807, 2.05) is 0 Å². The van der Waals surface area contributed by atoms with Crippen LogP contribution in [0.2, 0.25) is 0 Å². The molecule has 0 spiro atoms. The van der Waals surface area contributed by atoms with Crippen LogP contribution in [0.3, 0.4) is 0 Å². The summed E-state index contributed by atoms with van der Waals surface area (Å²) in [6.45, 7) is 10.9. The monoisotopic (exact) mass is 243 g/mol. The Bertz CT molecular complexity index is 276. The van der Waals surface area contributed by atoms with Crippen molar-refractivity contribution in [3.8, 4) is 0 Å². The van der Waals surface area contributed by atoms with Crippen LogP contribution in [0.5, 0.6) is 0 Å². The molecular formula is C12H25N3O2. The molecule has 0 aromatic heterocycles. The summed E-state index contributed by atoms with van der Waals surface area (Å²) in [5.41, 5.74) is 4.74. The van der Waals surface area contributed by atoms with Crippen molar-refractivity contribution in [2.45, 2.75) is 38.8 Å². The maximum atomic E-state index is 12.0. The molecule has 0 saturated carbocycles. The molecule has 1 rings (SSSR count). The zero-order valence-corrected chi connectivity index (χ0v) is 11.4. The third-order valence-corrected chi connectivity index (χ3v) is 3.33. The Morgan fingerprint density at radius 2 is 1.65 bits per heavy atom. The van der Waals surface area contributed by atoms with Crippen molar-refractivity contribution in [2.75, 3.05) is 32.8 Å². The van der Waals surface area contributed by atoms with Gasteiger partial charge in [0.05, 0.1) is 6.61 Å². The van der Waals surface area contributed by atoms with E-state index < -0.39 is 5.54 Å². The predicted octanol–water partition coefficient (Wildman–Crippen LogP) is -0.361. The van der Waals surface area contributed by atoms with Crippen LogP contribution >= 0.6 is 0 Å². The van der Waals surface area contributed by atoms with E-state index in [0.29, 0.717) is 13.1 Å². The number of rotatable bonds is 2. The molecule has 1 heterocycles. The number of aliphatic hydroxyl groups is 1. The number of piperazine rings is 1. The third-order valence-electron chi connectivity index (χ3n) is 3.33. The molecular weight excluding hydrogens is 218 g/mol. The van der Waals surface area contributed by atoms with Crippen molar-refractivity contribution < 1.29 is 9.90 Å². The van der Waals surface area contributed by atoms with E-state index in [1.54, 1.807) is 11.8 Å². The van der Waals surface area contributed by atoms with Crippen molar-refractivity contribution in [1.82, 2.24) is 9.80 Å². The maximum Gasteiger partial charge on any atom is 0.244 e. The molecule has 3 N–H and O–H groups in total. The first-order valence-corrected chi connectivity index (χ1v) is 6.12. The van der Waals surface area contributed by atoms with E-state index in [-0.39, 0.29) is 18.1 Å². The molecule has 1 aliphatic rings. The molecule has 0 bridgehead atoms. The number of hydrogen-bond donors (Lipinski definition) is 2. The second kappa shape index (κ2) is 4.92. The van der Waals surface area contributed by atoms with Crippen molar-refractivity contribution in [2.24, 2.45) is 5.73 Å². The molecule has 0 aromatic carbocycles. The SMILES string of the molecule is CC(C)(C)N1CCN(C(=O)[C@](C)(N)CO)CC1. The van der Waals surface area contributed by atoms with Crippen molar-refractivity contribution in [3.63, 3.8) is 0 Å². The van der Waals surface area contributed by atoms with Crippen LogP contribution in [0.4, 0.5) is 0 Å². The van der Waals surface area contributed by atoms with Crippen LogP contribution in [0.1, 0.15) is 27.7 Å². The normalized spacial score (nSPS) is 22.4. The Morgan fingerprint density at radius 1 is 1.18 bits per heavy atom. The Labute approximate surface area is 104 Å². The van der Waals surface area contributed by atoms with Crippen LogP contribution in [0.15, 0.2) is 0 Å². The van der Waals surface area contributed by atoms with Gasteiger partial charge >= 0.3 is 0 Å². The standard InChI is InChI=1S/C12H25N3O2/c1-11(2,3)15-7-5-14(6-8-15)10(17)12(4,13)9-16/h16H,5-9,13H2,1-4H3/t12-/m1/s1. The van der Waals surface area contributed by atoms with Gasteiger partial charge in [0, 0.05) is 31.7 Å². The van der Waals surface area contributed by atoms with Crippen LogP contribution < -0.4 is 5.73 Å². The zero-order valence-electron chi connectivity index (χ0n) is 11.4. The number of aliphatic hydroxyl groups excluding tert-OH is 1. The van der Waals surface area contributed by atoms with E-state index in [0.717, 1.165) is 13.1 Å². The smallest absolute Gasteiger partial charge is 0.244 e. The first kappa shape index (κ1) is 14.4. The summed E-state index contributed by atoms with van der Waals surface area (Å²) in [6.07, 6.45) is 0. The lowest BCUT2D eigenvalue weighted by atomic mass is 10.0. The molecule has 0 unspecified atom stereocenters. The van der Waals surface area contributed by atoms with Gasteiger partial charge in [-0.2, -0.15) is 0 Å². The summed E-state index contributed by atoms with van der Waals surface area (Å²) in [4.78, 5) is 16.1. The molecule has 5 heteroatoms. The van der Waals surface area contributed by atoms with Crippen LogP contribution in [-0.4, -0.2) is 64.7 Å². The van der Waals surface area contributed by atoms with E-state index in [4.69, 9.17) is 10.8 Å². The second-order valence-electron chi connectivity index (χ2n) is 6.03. The minimum absolute atomic E-state index is 0.137. The molecule has 0 radical (unpaired) electrons. The fraction of sp³-hybridized carbons (Fsp3) is 0.917. The van der Waals surface area contributed by atoms with E-state index in [1.165, 1.54) is 0 Å². The first-order chi connectivity index (χ1) is 7.68. The van der Waals surface area contributed by atoms with E-state index in [9.17, 15) is 4.79 Å². The van der Waals surface area contributed by atoms with Gasteiger partial charge in [0.25, 0.3) is 0 Å². The summed E-state index contributed by atoms with van der Waals surface area (Å²) in [7, 11) is 0. The van der Waals surface area contributed by atoms with Crippen molar-refractivity contribution >= 4 is 5.91 Å². The highest BCUT2D eigenvalue weighted by atomic mass is 16.3. The minimum atomic E-state index is -1.15. The number of carbonyl (C=O) groups excluding carboxylic acids is 1. The number of nitrogens with two attached hydrogens (primary N) is 1. The van der Waals surface area contributed by atoms with Crippen LogP contribution in [-0.2, 0) is 4.79 Å². The molecule has 100 valence electrons. The molecule has 1 atom stereocenters. The third kappa shape index (κ3) is 3.40. The maximum absolute atomic E-state index is 12.0. The lowest BCUT2D eigenvalue weighted by Gasteiger charge is -2.43. The minimum Gasteiger partial charge on any atom is -0.394 e. The average molecular weight is 243 g/mol. The Balaban J connectivity index is 2.56. The van der Waals surface area contributed by atoms with Gasteiger partial charge in [-0.25, -0.2) is 0 Å². The zero-order chi connectivity index (χ0) is 13.3. The molecule has 0 aliphatic carbocycles. The van der Waals surface area contributed by atoms with Crippen molar-refractivity contribution in [3.05, 3.63) is 0 Å². The van der Waals surface area contributed by atoms with E-state index >= 15 is 0 Å². The number of carbonyl (C=O) groups is 1. The van der Waals surface area contributed by atoms with Gasteiger partial charge in [-0.3, -0.25) is 9.69 Å². The fourth-order valence-electron chi connectivity index (χ4n) is 2.01. The molecule has 1 saturated heterocycles. The van der Waals surface area contributed by atoms with Gasteiger partial charge in [0.1, 0.15) is 5.54 Å². The van der Waals surface area contributed by atoms with Crippen LogP contribution in [0.25, 0.3) is 0 Å². The number of hydrogen-bond acceptors (Lipinski definition) is 4. The second-order valence-corrected chi connectivity index (χ2v) is 6.03. The van der Waals surface area contributed by atoms with Gasteiger partial charge in [-0.15, -0.1) is 0 Å². The Kier molecular flexibility index (Phi) is 4.17. The van der Waals surface area contributed by atoms with Gasteiger partial charge in [0.2, 0.25) is 5.91 Å². The topological polar surface area (TPSA) is 69.8 Å². The van der Waals surface area contributed by atoms with Gasteiger partial charge in [-0.1, -0.05) is 0 Å². The average Bonchev–Trinajstić information content (AvgIpc) is 2.27. The highest BCUT2D eigenvalue weighted by molar-refractivity contribution is 5.86. The Hall–Kier alpha value is -0.650. The lowest BCUT2D eigenvalue weighted by Crippen LogP contribution is -2.61. The molecule has 17 heavy (non-hydrogen) atoms. The number of amides is 1. The summed E-state index contributed by atoms with van der Waals surface area (Å²) >= 11 is 0. The largest absolute Gasteiger partial charge is 0.394 e. The summed E-state index contributed by atoms with van der Waals surface area (Å²) in [5.74, 6) is -0.159. The van der Waals surface area contributed by atoms with Gasteiger partial charge in [0.15, 0.2) is 0 Å². The predicted molar refractivity (Wildman–Crippen MR) is 67.6 cm³/mol. The van der Waals surface area contributed by atoms with E-state index in [2.05, 4.69) is 25.7 Å². The Morgan fingerprint density at radius 3 is 2.00 bits per heavy atom. The molecule has 5 nitrogen and oxygen atoms in total. The quantitative estimate of drug-likeness (QED) is 0.695. The number of nitrogens with zero attached hydrogens (tertiary/aromatic N) is 2. The molecule has 0 aromatic rings. The molecule has 1 fully saturated rings. The highest BCUT2D eigenvalue weighted by Gasteiger charge is 2.35. The van der Waals surface area contributed by atoms with Crippen molar-refractivity contribution in [1.29, 1.82) is 0 Å². The summed E-state index contributed by atoms with van der Waals surface area (Å²) < 4.78 is 0. The lowest BCUT2D eigenvalue weighted by molar-refractivity contribution is -0.140. The highest BCUT2D eigenvalue weighted by Crippen LogP contribution is 2.17. The summed E-state index contributed by atoms with van der Waals surface area (Å²) in [6, 6.07) is 0.